The third-order valence-electron chi connectivity index (χ3n) is 4.63. The molecule has 1 amide bonds. The summed E-state index contributed by atoms with van der Waals surface area (Å²) < 4.78 is 23.6. The van der Waals surface area contributed by atoms with Crippen LogP contribution < -0.4 is 0 Å². The van der Waals surface area contributed by atoms with Crippen molar-refractivity contribution in [3.63, 3.8) is 0 Å². The molecule has 1 aliphatic heterocycles. The third kappa shape index (κ3) is 3.97. The van der Waals surface area contributed by atoms with Crippen LogP contribution in [0.1, 0.15) is 30.4 Å². The molecule has 1 fully saturated rings. The number of carbonyl (C=O) groups excluding carboxylic acids is 1. The van der Waals surface area contributed by atoms with Crippen LogP contribution in [-0.4, -0.2) is 34.0 Å². The number of benzene rings is 1. The van der Waals surface area contributed by atoms with Crippen LogP contribution in [0.5, 0.6) is 0 Å². The van der Waals surface area contributed by atoms with Crippen molar-refractivity contribution in [3.8, 4) is 11.4 Å². The SMILES string of the molecule is O=C(C=Cc1ccco1)N1CCC(c2nc(-c3ccc(F)cc3)no2)CC1. The predicted octanol–water partition coefficient (Wildman–Crippen LogP) is 3.89. The molecular formula is C20H18FN3O3. The predicted molar refractivity (Wildman–Crippen MR) is 96.0 cm³/mol. The van der Waals surface area contributed by atoms with Gasteiger partial charge in [0.2, 0.25) is 17.6 Å². The molecule has 3 aromatic rings. The van der Waals surface area contributed by atoms with Gasteiger partial charge in [0, 0.05) is 30.6 Å². The normalized spacial score (nSPS) is 15.5. The van der Waals surface area contributed by atoms with E-state index in [1.165, 1.54) is 18.2 Å². The third-order valence-corrected chi connectivity index (χ3v) is 4.63. The average molecular weight is 367 g/mol. The van der Waals surface area contributed by atoms with Crippen LogP contribution in [0, 0.1) is 5.82 Å². The Morgan fingerprint density at radius 2 is 1.96 bits per heavy atom. The zero-order chi connectivity index (χ0) is 18.6. The molecule has 1 aromatic carbocycles. The number of amides is 1. The highest BCUT2D eigenvalue weighted by Gasteiger charge is 2.27. The van der Waals surface area contributed by atoms with E-state index in [4.69, 9.17) is 8.94 Å². The van der Waals surface area contributed by atoms with Crippen molar-refractivity contribution in [2.45, 2.75) is 18.8 Å². The Balaban J connectivity index is 1.35. The van der Waals surface area contributed by atoms with Crippen molar-refractivity contribution >= 4 is 12.0 Å². The fourth-order valence-electron chi connectivity index (χ4n) is 3.11. The highest BCUT2D eigenvalue weighted by Crippen LogP contribution is 2.28. The van der Waals surface area contributed by atoms with Gasteiger partial charge in [0.1, 0.15) is 11.6 Å². The summed E-state index contributed by atoms with van der Waals surface area (Å²) in [6, 6.07) is 9.55. The smallest absolute Gasteiger partial charge is 0.246 e. The molecule has 0 atom stereocenters. The maximum atomic E-state index is 13.0. The highest BCUT2D eigenvalue weighted by molar-refractivity contribution is 5.91. The molecule has 0 spiro atoms. The minimum absolute atomic E-state index is 0.0395. The number of likely N-dealkylation sites (tertiary alicyclic amines) is 1. The molecule has 0 saturated carbocycles. The van der Waals surface area contributed by atoms with Gasteiger partial charge in [-0.1, -0.05) is 5.16 Å². The molecule has 1 aliphatic rings. The first-order valence-corrected chi connectivity index (χ1v) is 8.79. The standard InChI is InChI=1S/C20H18FN3O3/c21-16-5-3-14(4-6-16)19-22-20(27-23-19)15-9-11-24(12-10-15)18(25)8-7-17-2-1-13-26-17/h1-8,13,15H,9-12H2. The Morgan fingerprint density at radius 3 is 2.67 bits per heavy atom. The Labute approximate surface area is 155 Å². The van der Waals surface area contributed by atoms with Gasteiger partial charge in [-0.05, 0) is 55.3 Å². The van der Waals surface area contributed by atoms with Gasteiger partial charge in [-0.2, -0.15) is 4.98 Å². The van der Waals surface area contributed by atoms with Crippen LogP contribution in [0.4, 0.5) is 4.39 Å². The molecule has 7 heteroatoms. The number of rotatable bonds is 4. The van der Waals surface area contributed by atoms with Crippen LogP contribution in [0.15, 0.2) is 57.7 Å². The van der Waals surface area contributed by atoms with Gasteiger partial charge < -0.3 is 13.8 Å². The van der Waals surface area contributed by atoms with Crippen LogP contribution in [0.25, 0.3) is 17.5 Å². The van der Waals surface area contributed by atoms with E-state index in [0.717, 1.165) is 12.8 Å². The fourth-order valence-corrected chi connectivity index (χ4v) is 3.11. The maximum absolute atomic E-state index is 13.0. The minimum atomic E-state index is -0.305. The molecule has 138 valence electrons. The molecule has 4 rings (SSSR count). The number of aromatic nitrogens is 2. The molecule has 0 aliphatic carbocycles. The van der Waals surface area contributed by atoms with Crippen LogP contribution in [0.3, 0.4) is 0 Å². The van der Waals surface area contributed by atoms with E-state index in [-0.39, 0.29) is 17.6 Å². The summed E-state index contributed by atoms with van der Waals surface area (Å²) in [6.07, 6.45) is 6.27. The molecule has 0 unspecified atom stereocenters. The summed E-state index contributed by atoms with van der Waals surface area (Å²) in [6.45, 7) is 1.25. The second kappa shape index (κ2) is 7.57. The lowest BCUT2D eigenvalue weighted by Gasteiger charge is -2.29. The van der Waals surface area contributed by atoms with E-state index < -0.39 is 0 Å². The molecule has 0 N–H and O–H groups in total. The molecule has 3 heterocycles. The van der Waals surface area contributed by atoms with Gasteiger partial charge >= 0.3 is 0 Å². The van der Waals surface area contributed by atoms with E-state index >= 15 is 0 Å². The van der Waals surface area contributed by atoms with Crippen molar-refractivity contribution in [2.24, 2.45) is 0 Å². The summed E-state index contributed by atoms with van der Waals surface area (Å²) >= 11 is 0. The summed E-state index contributed by atoms with van der Waals surface area (Å²) in [5, 5.41) is 3.99. The van der Waals surface area contributed by atoms with Crippen LogP contribution in [0.2, 0.25) is 0 Å². The van der Waals surface area contributed by atoms with Crippen LogP contribution in [-0.2, 0) is 4.79 Å². The number of carbonyl (C=O) groups is 1. The number of hydrogen-bond acceptors (Lipinski definition) is 5. The Morgan fingerprint density at radius 1 is 1.19 bits per heavy atom. The lowest BCUT2D eigenvalue weighted by molar-refractivity contribution is -0.127. The molecular weight excluding hydrogens is 349 g/mol. The monoisotopic (exact) mass is 367 g/mol. The second-order valence-corrected chi connectivity index (χ2v) is 6.41. The van der Waals surface area contributed by atoms with Crippen molar-refractivity contribution in [3.05, 3.63) is 66.2 Å². The van der Waals surface area contributed by atoms with Gasteiger partial charge in [-0.15, -0.1) is 0 Å². The maximum Gasteiger partial charge on any atom is 0.246 e. The van der Waals surface area contributed by atoms with Crippen molar-refractivity contribution in [1.82, 2.24) is 15.0 Å². The zero-order valence-electron chi connectivity index (χ0n) is 14.5. The second-order valence-electron chi connectivity index (χ2n) is 6.41. The molecule has 27 heavy (non-hydrogen) atoms. The van der Waals surface area contributed by atoms with Crippen molar-refractivity contribution < 1.29 is 18.1 Å². The van der Waals surface area contributed by atoms with Gasteiger partial charge in [0.15, 0.2) is 0 Å². The fraction of sp³-hybridized carbons (Fsp3) is 0.250. The van der Waals surface area contributed by atoms with E-state index in [1.54, 1.807) is 41.5 Å². The van der Waals surface area contributed by atoms with Gasteiger partial charge in [-0.3, -0.25) is 4.79 Å². The quantitative estimate of drug-likeness (QED) is 0.654. The molecule has 1 saturated heterocycles. The lowest BCUT2D eigenvalue weighted by atomic mass is 9.96. The van der Waals surface area contributed by atoms with E-state index in [9.17, 15) is 9.18 Å². The van der Waals surface area contributed by atoms with Gasteiger partial charge in [0.05, 0.1) is 6.26 Å². The van der Waals surface area contributed by atoms with E-state index in [2.05, 4.69) is 10.1 Å². The summed E-state index contributed by atoms with van der Waals surface area (Å²) in [5.74, 6) is 1.43. The van der Waals surface area contributed by atoms with E-state index in [1.807, 2.05) is 0 Å². The van der Waals surface area contributed by atoms with Crippen LogP contribution >= 0.6 is 0 Å². The summed E-state index contributed by atoms with van der Waals surface area (Å²) in [7, 11) is 0. The highest BCUT2D eigenvalue weighted by atomic mass is 19.1. The first-order valence-electron chi connectivity index (χ1n) is 8.79. The lowest BCUT2D eigenvalue weighted by Crippen LogP contribution is -2.36. The first-order chi connectivity index (χ1) is 13.2. The molecule has 0 bridgehead atoms. The molecule has 6 nitrogen and oxygen atoms in total. The molecule has 2 aromatic heterocycles. The minimum Gasteiger partial charge on any atom is -0.465 e. The van der Waals surface area contributed by atoms with Crippen molar-refractivity contribution in [2.75, 3.05) is 13.1 Å². The number of piperidine rings is 1. The number of halogens is 1. The van der Waals surface area contributed by atoms with Gasteiger partial charge in [0.25, 0.3) is 0 Å². The summed E-state index contributed by atoms with van der Waals surface area (Å²) in [5.41, 5.74) is 0.710. The Hall–Kier alpha value is -3.22. The Bertz CT molecular complexity index is 924. The van der Waals surface area contributed by atoms with Crippen molar-refractivity contribution in [1.29, 1.82) is 0 Å². The summed E-state index contributed by atoms with van der Waals surface area (Å²) in [4.78, 5) is 18.5. The van der Waals surface area contributed by atoms with Gasteiger partial charge in [-0.25, -0.2) is 4.39 Å². The number of hydrogen-bond donors (Lipinski definition) is 0. The zero-order valence-corrected chi connectivity index (χ0v) is 14.5. The first kappa shape index (κ1) is 17.2. The number of nitrogens with zero attached hydrogens (tertiary/aromatic N) is 3. The van der Waals surface area contributed by atoms with E-state index in [0.29, 0.717) is 36.1 Å². The largest absolute Gasteiger partial charge is 0.465 e. The Kier molecular flexibility index (Phi) is 4.82. The topological polar surface area (TPSA) is 72.4 Å². The average Bonchev–Trinajstić information content (AvgIpc) is 3.39. The molecule has 0 radical (unpaired) electrons. The number of furan rings is 1.